The summed E-state index contributed by atoms with van der Waals surface area (Å²) in [4.78, 5) is 39.5. The third kappa shape index (κ3) is 5.92. The number of ether oxygens (including phenoxy) is 1. The Labute approximate surface area is 226 Å². The van der Waals surface area contributed by atoms with E-state index in [-0.39, 0.29) is 28.1 Å². The molecule has 3 rings (SSSR count). The molecule has 3 aromatic rings. The van der Waals surface area contributed by atoms with Crippen LogP contribution >= 0.6 is 46.3 Å². The van der Waals surface area contributed by atoms with Crippen molar-refractivity contribution in [3.05, 3.63) is 56.9 Å². The Morgan fingerprint density at radius 2 is 1.97 bits per heavy atom. The van der Waals surface area contributed by atoms with Gasteiger partial charge in [0.2, 0.25) is 5.91 Å². The van der Waals surface area contributed by atoms with Gasteiger partial charge in [0.25, 0.3) is 5.91 Å². The third-order valence-electron chi connectivity index (χ3n) is 4.93. The lowest BCUT2D eigenvalue weighted by Crippen LogP contribution is -2.21. The van der Waals surface area contributed by atoms with Crippen molar-refractivity contribution in [1.29, 1.82) is 0 Å². The molecule has 9 nitrogen and oxygen atoms in total. The summed E-state index contributed by atoms with van der Waals surface area (Å²) in [7, 11) is 4.46. The van der Waals surface area contributed by atoms with Crippen LogP contribution in [0.25, 0.3) is 11.4 Å². The van der Waals surface area contributed by atoms with Gasteiger partial charge in [0, 0.05) is 26.2 Å². The van der Waals surface area contributed by atoms with E-state index in [1.54, 1.807) is 49.9 Å². The zero-order chi connectivity index (χ0) is 26.6. The first kappa shape index (κ1) is 27.7. The Morgan fingerprint density at radius 3 is 2.58 bits per heavy atom. The topological polar surface area (TPSA) is 106 Å². The number of thiophene rings is 1. The molecular weight excluding hydrogens is 545 g/mol. The van der Waals surface area contributed by atoms with Gasteiger partial charge in [-0.2, -0.15) is 0 Å². The maximum absolute atomic E-state index is 12.8. The van der Waals surface area contributed by atoms with Gasteiger partial charge < -0.3 is 15.0 Å². The monoisotopic (exact) mass is 567 g/mol. The summed E-state index contributed by atoms with van der Waals surface area (Å²) >= 11 is 14.4. The standard InChI is InChI=1S/C23H23Cl2N5O4S2/c1-6-9-30-19(13-7-8-14(24)15(25)10-13)27-28-23(30)35-11-16(31)26-20-17(22(33)34-5)12(2)18(36-20)21(32)29(3)4/h6-8,10H,1,9,11H2,2-5H3,(H,26,31). The van der Waals surface area contributed by atoms with Gasteiger partial charge in [-0.05, 0) is 30.7 Å². The summed E-state index contributed by atoms with van der Waals surface area (Å²) < 4.78 is 6.66. The van der Waals surface area contributed by atoms with Crippen LogP contribution in [0.2, 0.25) is 10.0 Å². The molecule has 190 valence electrons. The first-order chi connectivity index (χ1) is 17.1. The number of benzene rings is 1. The van der Waals surface area contributed by atoms with E-state index in [1.807, 2.05) is 0 Å². The van der Waals surface area contributed by atoms with Crippen molar-refractivity contribution < 1.29 is 19.1 Å². The van der Waals surface area contributed by atoms with Gasteiger partial charge in [-0.3, -0.25) is 14.2 Å². The van der Waals surface area contributed by atoms with Crippen LogP contribution in [-0.2, 0) is 16.1 Å². The van der Waals surface area contributed by atoms with E-state index in [0.717, 1.165) is 23.1 Å². The second kappa shape index (κ2) is 11.9. The van der Waals surface area contributed by atoms with Crippen LogP contribution in [0.1, 0.15) is 25.6 Å². The molecule has 0 aliphatic rings. The van der Waals surface area contributed by atoms with Crippen LogP contribution in [0.15, 0.2) is 36.0 Å². The predicted octanol–water partition coefficient (Wildman–Crippen LogP) is 5.03. The molecule has 0 atom stereocenters. The SMILES string of the molecule is C=CCn1c(SCC(=O)Nc2sc(C(=O)N(C)C)c(C)c2C(=O)OC)nnc1-c1ccc(Cl)c(Cl)c1. The lowest BCUT2D eigenvalue weighted by Gasteiger charge is -2.09. The fourth-order valence-electron chi connectivity index (χ4n) is 3.19. The lowest BCUT2D eigenvalue weighted by molar-refractivity contribution is -0.113. The molecule has 2 aromatic heterocycles. The van der Waals surface area contributed by atoms with E-state index in [9.17, 15) is 14.4 Å². The third-order valence-corrected chi connectivity index (χ3v) is 7.83. The molecule has 0 fully saturated rings. The number of nitrogens with one attached hydrogen (secondary N) is 1. The van der Waals surface area contributed by atoms with Crippen molar-refractivity contribution in [2.45, 2.75) is 18.6 Å². The number of halogens is 2. The fourth-order valence-corrected chi connectivity index (χ4v) is 5.47. The molecule has 0 saturated heterocycles. The predicted molar refractivity (Wildman–Crippen MR) is 143 cm³/mol. The van der Waals surface area contributed by atoms with E-state index in [4.69, 9.17) is 27.9 Å². The van der Waals surface area contributed by atoms with Gasteiger partial charge >= 0.3 is 5.97 Å². The van der Waals surface area contributed by atoms with Crippen LogP contribution in [0.3, 0.4) is 0 Å². The van der Waals surface area contributed by atoms with Gasteiger partial charge in [0.15, 0.2) is 11.0 Å². The Morgan fingerprint density at radius 1 is 1.25 bits per heavy atom. The molecule has 0 spiro atoms. The Kier molecular flexibility index (Phi) is 9.18. The number of carbonyl (C=O) groups excluding carboxylic acids is 3. The molecule has 0 bridgehead atoms. The minimum Gasteiger partial charge on any atom is -0.465 e. The molecule has 0 aliphatic carbocycles. The van der Waals surface area contributed by atoms with Gasteiger partial charge in [0.05, 0.1) is 33.3 Å². The highest BCUT2D eigenvalue weighted by atomic mass is 35.5. The zero-order valence-electron chi connectivity index (χ0n) is 19.9. The first-order valence-corrected chi connectivity index (χ1v) is 13.0. The summed E-state index contributed by atoms with van der Waals surface area (Å²) in [6.45, 7) is 5.83. The minimum absolute atomic E-state index is 0.0226. The zero-order valence-corrected chi connectivity index (χ0v) is 23.1. The number of anilines is 1. The number of rotatable bonds is 9. The maximum atomic E-state index is 12.8. The molecule has 1 aromatic carbocycles. The molecule has 1 N–H and O–H groups in total. The lowest BCUT2D eigenvalue weighted by atomic mass is 10.1. The van der Waals surface area contributed by atoms with Gasteiger partial charge in [-0.25, -0.2) is 4.79 Å². The Bertz CT molecular complexity index is 1340. The van der Waals surface area contributed by atoms with E-state index in [0.29, 0.717) is 43.6 Å². The summed E-state index contributed by atoms with van der Waals surface area (Å²) in [5, 5.41) is 12.7. The minimum atomic E-state index is -0.637. The van der Waals surface area contributed by atoms with Crippen molar-refractivity contribution in [3.63, 3.8) is 0 Å². The van der Waals surface area contributed by atoms with Gasteiger partial charge in [0.1, 0.15) is 5.00 Å². The van der Waals surface area contributed by atoms with Gasteiger partial charge in [-0.1, -0.05) is 41.0 Å². The van der Waals surface area contributed by atoms with Crippen molar-refractivity contribution in [1.82, 2.24) is 19.7 Å². The Hall–Kier alpha value is -2.86. The molecule has 2 heterocycles. The van der Waals surface area contributed by atoms with Crippen molar-refractivity contribution in [3.8, 4) is 11.4 Å². The normalized spacial score (nSPS) is 10.7. The average molecular weight is 569 g/mol. The quantitative estimate of drug-likeness (QED) is 0.219. The summed E-state index contributed by atoms with van der Waals surface area (Å²) in [5.41, 5.74) is 1.32. The molecule has 0 radical (unpaired) electrons. The largest absolute Gasteiger partial charge is 0.465 e. The molecule has 0 unspecified atom stereocenters. The number of nitrogens with zero attached hydrogens (tertiary/aromatic N) is 4. The molecule has 0 saturated carbocycles. The number of thioether (sulfide) groups is 1. The average Bonchev–Trinajstić information content (AvgIpc) is 3.39. The highest BCUT2D eigenvalue weighted by Crippen LogP contribution is 2.35. The molecule has 36 heavy (non-hydrogen) atoms. The Balaban J connectivity index is 1.82. The molecular formula is C23H23Cl2N5O4S2. The number of hydrogen-bond donors (Lipinski definition) is 1. The van der Waals surface area contributed by atoms with E-state index >= 15 is 0 Å². The number of methoxy groups -OCH3 is 1. The van der Waals surface area contributed by atoms with Crippen molar-refractivity contribution in [2.24, 2.45) is 0 Å². The maximum Gasteiger partial charge on any atom is 0.341 e. The summed E-state index contributed by atoms with van der Waals surface area (Å²) in [6.07, 6.45) is 1.69. The number of amides is 2. The fraction of sp³-hybridized carbons (Fsp3) is 0.261. The van der Waals surface area contributed by atoms with Crippen LogP contribution in [0.5, 0.6) is 0 Å². The van der Waals surface area contributed by atoms with Crippen LogP contribution in [0.4, 0.5) is 5.00 Å². The second-order valence-corrected chi connectivity index (χ2v) is 10.4. The van der Waals surface area contributed by atoms with Crippen LogP contribution in [0, 0.1) is 6.92 Å². The first-order valence-electron chi connectivity index (χ1n) is 10.4. The number of carbonyl (C=O) groups is 3. The molecule has 13 heteroatoms. The molecule has 2 amide bonds. The van der Waals surface area contributed by atoms with E-state index in [1.165, 1.54) is 12.0 Å². The highest BCUT2D eigenvalue weighted by Gasteiger charge is 2.27. The second-order valence-electron chi connectivity index (χ2n) is 7.62. The summed E-state index contributed by atoms with van der Waals surface area (Å²) in [5.74, 6) is -0.776. The van der Waals surface area contributed by atoms with Crippen LogP contribution < -0.4 is 5.32 Å². The van der Waals surface area contributed by atoms with Crippen LogP contribution in [-0.4, -0.2) is 64.4 Å². The number of hydrogen-bond acceptors (Lipinski definition) is 8. The number of aromatic nitrogens is 3. The van der Waals surface area contributed by atoms with E-state index in [2.05, 4.69) is 22.1 Å². The van der Waals surface area contributed by atoms with Crippen molar-refractivity contribution in [2.75, 3.05) is 32.3 Å². The number of allylic oxidation sites excluding steroid dienone is 1. The number of esters is 1. The molecule has 0 aliphatic heterocycles. The highest BCUT2D eigenvalue weighted by molar-refractivity contribution is 7.99. The van der Waals surface area contributed by atoms with Gasteiger partial charge in [-0.15, -0.1) is 28.1 Å². The van der Waals surface area contributed by atoms with E-state index < -0.39 is 5.97 Å². The summed E-state index contributed by atoms with van der Waals surface area (Å²) in [6, 6.07) is 5.14. The smallest absolute Gasteiger partial charge is 0.341 e. The van der Waals surface area contributed by atoms with Crippen molar-refractivity contribution >= 4 is 69.1 Å².